The molecular formula is C37H23N3O. The number of fused-ring (bicyclic) bond motifs is 2. The third-order valence-corrected chi connectivity index (χ3v) is 7.53. The van der Waals surface area contributed by atoms with Gasteiger partial charge in [-0.25, -0.2) is 15.0 Å². The number of nitrogens with zero attached hydrogens (tertiary/aromatic N) is 3. The quantitative estimate of drug-likeness (QED) is 0.230. The lowest BCUT2D eigenvalue weighted by Gasteiger charge is -2.22. The minimum atomic E-state index is 0.638. The highest BCUT2D eigenvalue weighted by molar-refractivity contribution is 6.10. The van der Waals surface area contributed by atoms with E-state index in [0.717, 1.165) is 55.7 Å². The van der Waals surface area contributed by atoms with Gasteiger partial charge in [0, 0.05) is 27.6 Å². The van der Waals surface area contributed by atoms with E-state index in [4.69, 9.17) is 19.7 Å². The third-order valence-electron chi connectivity index (χ3n) is 7.53. The van der Waals surface area contributed by atoms with Crippen LogP contribution in [0.3, 0.4) is 0 Å². The maximum Gasteiger partial charge on any atom is 0.164 e. The molecule has 8 rings (SSSR count). The summed E-state index contributed by atoms with van der Waals surface area (Å²) in [7, 11) is 0. The molecule has 4 heteroatoms. The van der Waals surface area contributed by atoms with Crippen molar-refractivity contribution in [1.82, 2.24) is 15.0 Å². The number of rotatable bonds is 4. The molecule has 4 nitrogen and oxygen atoms in total. The SMILES string of the molecule is c1ccc(-c2nc(-c3ccccc3)nc(-c3cccc(-c4ccc5c6c(cccc46)-c4ccccc4O5)c3)n2)cc1. The molecule has 0 radical (unpaired) electrons. The van der Waals surface area contributed by atoms with Crippen LogP contribution in [0, 0.1) is 0 Å². The van der Waals surface area contributed by atoms with Gasteiger partial charge in [0.1, 0.15) is 11.5 Å². The molecule has 7 aromatic rings. The third kappa shape index (κ3) is 4.05. The van der Waals surface area contributed by atoms with E-state index in [1.165, 1.54) is 5.56 Å². The van der Waals surface area contributed by atoms with E-state index >= 15 is 0 Å². The second-order valence-corrected chi connectivity index (χ2v) is 10.1. The van der Waals surface area contributed by atoms with Gasteiger partial charge >= 0.3 is 0 Å². The molecule has 2 heterocycles. The van der Waals surface area contributed by atoms with E-state index < -0.39 is 0 Å². The van der Waals surface area contributed by atoms with Crippen molar-refractivity contribution in [2.75, 3.05) is 0 Å². The van der Waals surface area contributed by atoms with Gasteiger partial charge in [-0.15, -0.1) is 0 Å². The molecule has 192 valence electrons. The van der Waals surface area contributed by atoms with E-state index in [1.807, 2.05) is 72.8 Å². The summed E-state index contributed by atoms with van der Waals surface area (Å²) >= 11 is 0. The van der Waals surface area contributed by atoms with E-state index in [1.54, 1.807) is 0 Å². The molecule has 0 bridgehead atoms. The van der Waals surface area contributed by atoms with Crippen LogP contribution in [-0.4, -0.2) is 15.0 Å². The number of para-hydroxylation sites is 1. The van der Waals surface area contributed by atoms with Crippen LogP contribution in [0.4, 0.5) is 0 Å². The summed E-state index contributed by atoms with van der Waals surface area (Å²) in [5.74, 6) is 3.71. The lowest BCUT2D eigenvalue weighted by molar-refractivity contribution is 0.487. The molecule has 1 aromatic heterocycles. The second-order valence-electron chi connectivity index (χ2n) is 10.1. The number of benzene rings is 6. The van der Waals surface area contributed by atoms with Crippen LogP contribution < -0.4 is 4.74 Å². The summed E-state index contributed by atoms with van der Waals surface area (Å²) in [4.78, 5) is 14.7. The van der Waals surface area contributed by atoms with Gasteiger partial charge in [-0.3, -0.25) is 0 Å². The summed E-state index contributed by atoms with van der Waals surface area (Å²) in [5, 5.41) is 2.28. The van der Waals surface area contributed by atoms with Crippen LogP contribution in [-0.2, 0) is 0 Å². The molecule has 0 saturated heterocycles. The fourth-order valence-corrected chi connectivity index (χ4v) is 5.60. The summed E-state index contributed by atoms with van der Waals surface area (Å²) in [6, 6.07) is 47.5. The zero-order valence-electron chi connectivity index (χ0n) is 22.0. The van der Waals surface area contributed by atoms with Crippen LogP contribution in [0.1, 0.15) is 0 Å². The van der Waals surface area contributed by atoms with Gasteiger partial charge < -0.3 is 4.74 Å². The Morgan fingerprint density at radius 1 is 0.366 bits per heavy atom. The Bertz CT molecular complexity index is 2010. The zero-order valence-corrected chi connectivity index (χ0v) is 22.0. The minimum absolute atomic E-state index is 0.638. The van der Waals surface area contributed by atoms with Crippen molar-refractivity contribution < 1.29 is 4.74 Å². The maximum absolute atomic E-state index is 6.32. The molecule has 0 saturated carbocycles. The van der Waals surface area contributed by atoms with Crippen molar-refractivity contribution in [3.8, 4) is 67.9 Å². The first-order valence-corrected chi connectivity index (χ1v) is 13.6. The Labute approximate surface area is 237 Å². The molecule has 6 aromatic carbocycles. The van der Waals surface area contributed by atoms with Gasteiger partial charge in [-0.2, -0.15) is 0 Å². The van der Waals surface area contributed by atoms with Crippen LogP contribution in [0.2, 0.25) is 0 Å². The first-order valence-electron chi connectivity index (χ1n) is 13.6. The topological polar surface area (TPSA) is 47.9 Å². The highest BCUT2D eigenvalue weighted by atomic mass is 16.5. The average molecular weight is 526 g/mol. The van der Waals surface area contributed by atoms with Gasteiger partial charge in [0.05, 0.1) is 0 Å². The molecule has 0 aliphatic carbocycles. The highest BCUT2D eigenvalue weighted by Crippen LogP contribution is 2.48. The standard InChI is InChI=1S/C37H23N3O/c1-3-11-24(12-4-1)35-38-36(25-13-5-2-6-14-25)40-37(39-35)27-16-9-15-26(23-27)28-21-22-33-34-30(28)18-10-19-31(34)29-17-7-8-20-32(29)41-33/h1-23H. The van der Waals surface area contributed by atoms with Crippen LogP contribution in [0.25, 0.3) is 67.2 Å². The van der Waals surface area contributed by atoms with Crippen molar-refractivity contribution in [3.05, 3.63) is 140 Å². The van der Waals surface area contributed by atoms with Crippen molar-refractivity contribution in [2.24, 2.45) is 0 Å². The molecule has 41 heavy (non-hydrogen) atoms. The predicted molar refractivity (Wildman–Crippen MR) is 165 cm³/mol. The fraction of sp³-hybridized carbons (Fsp3) is 0. The van der Waals surface area contributed by atoms with Crippen molar-refractivity contribution in [1.29, 1.82) is 0 Å². The Hall–Kier alpha value is -5.61. The molecule has 0 spiro atoms. The normalized spacial score (nSPS) is 11.6. The zero-order chi connectivity index (χ0) is 27.2. The number of hydrogen-bond donors (Lipinski definition) is 0. The van der Waals surface area contributed by atoms with Gasteiger partial charge in [0.2, 0.25) is 0 Å². The van der Waals surface area contributed by atoms with Gasteiger partial charge in [-0.1, -0.05) is 121 Å². The molecule has 0 unspecified atom stereocenters. The van der Waals surface area contributed by atoms with Gasteiger partial charge in [0.25, 0.3) is 0 Å². The van der Waals surface area contributed by atoms with Crippen molar-refractivity contribution in [2.45, 2.75) is 0 Å². The smallest absolute Gasteiger partial charge is 0.164 e. The Morgan fingerprint density at radius 3 is 1.66 bits per heavy atom. The summed E-state index contributed by atoms with van der Waals surface area (Å²) in [6.07, 6.45) is 0. The van der Waals surface area contributed by atoms with Crippen LogP contribution >= 0.6 is 0 Å². The first-order chi connectivity index (χ1) is 20.3. The fourth-order valence-electron chi connectivity index (χ4n) is 5.60. The minimum Gasteiger partial charge on any atom is -0.456 e. The number of aromatic nitrogens is 3. The van der Waals surface area contributed by atoms with Crippen LogP contribution in [0.15, 0.2) is 140 Å². The number of ether oxygens (including phenoxy) is 1. The van der Waals surface area contributed by atoms with Gasteiger partial charge in [0.15, 0.2) is 17.5 Å². The van der Waals surface area contributed by atoms with E-state index in [0.29, 0.717) is 17.5 Å². The monoisotopic (exact) mass is 525 g/mol. The Balaban J connectivity index is 1.29. The summed E-state index contributed by atoms with van der Waals surface area (Å²) in [6.45, 7) is 0. The largest absolute Gasteiger partial charge is 0.456 e. The average Bonchev–Trinajstić information content (AvgIpc) is 3.06. The number of hydrogen-bond acceptors (Lipinski definition) is 4. The Morgan fingerprint density at radius 2 is 0.927 bits per heavy atom. The first kappa shape index (κ1) is 23.3. The lowest BCUT2D eigenvalue weighted by atomic mass is 9.90. The molecule has 0 atom stereocenters. The van der Waals surface area contributed by atoms with Crippen LogP contribution in [0.5, 0.6) is 11.5 Å². The van der Waals surface area contributed by atoms with E-state index in [9.17, 15) is 0 Å². The molecular weight excluding hydrogens is 502 g/mol. The molecule has 1 aliphatic heterocycles. The van der Waals surface area contributed by atoms with Crippen molar-refractivity contribution >= 4 is 10.8 Å². The molecule has 0 fully saturated rings. The van der Waals surface area contributed by atoms with E-state index in [2.05, 4.69) is 66.7 Å². The maximum atomic E-state index is 6.32. The van der Waals surface area contributed by atoms with E-state index in [-0.39, 0.29) is 0 Å². The highest BCUT2D eigenvalue weighted by Gasteiger charge is 2.21. The molecule has 1 aliphatic rings. The van der Waals surface area contributed by atoms with Crippen molar-refractivity contribution in [3.63, 3.8) is 0 Å². The lowest BCUT2D eigenvalue weighted by Crippen LogP contribution is -2.00. The predicted octanol–water partition coefficient (Wildman–Crippen LogP) is 9.47. The Kier molecular flexibility index (Phi) is 5.42. The second kappa shape index (κ2) is 9.54. The van der Waals surface area contributed by atoms with Gasteiger partial charge in [-0.05, 0) is 40.3 Å². The summed E-state index contributed by atoms with van der Waals surface area (Å²) < 4.78 is 6.32. The summed E-state index contributed by atoms with van der Waals surface area (Å²) in [5.41, 5.74) is 7.37. The molecule has 0 N–H and O–H groups in total. The molecule has 0 amide bonds.